The number of aryl methyl sites for hydroxylation is 2. The van der Waals surface area contributed by atoms with Gasteiger partial charge in [0.1, 0.15) is 0 Å². The molecule has 1 aromatic heterocycles. The molecular formula is C15H19Cl2N3. The molecule has 0 saturated carbocycles. The molecule has 1 aromatic carbocycles. The average Bonchev–Trinajstić information content (AvgIpc) is 2.81. The van der Waals surface area contributed by atoms with E-state index in [1.807, 2.05) is 36.1 Å². The van der Waals surface area contributed by atoms with Crippen molar-refractivity contribution in [1.29, 1.82) is 0 Å². The summed E-state index contributed by atoms with van der Waals surface area (Å²) in [4.78, 5) is 0. The fourth-order valence-electron chi connectivity index (χ4n) is 2.34. The number of rotatable bonds is 6. The Bertz CT molecular complexity index is 566. The number of nitrogens with zero attached hydrogens (tertiary/aromatic N) is 2. The lowest BCUT2D eigenvalue weighted by Crippen LogP contribution is -2.22. The van der Waals surface area contributed by atoms with Gasteiger partial charge in [0.15, 0.2) is 0 Å². The van der Waals surface area contributed by atoms with Crippen LogP contribution in [0.15, 0.2) is 30.5 Å². The van der Waals surface area contributed by atoms with E-state index in [0.29, 0.717) is 10.0 Å². The molecular weight excluding hydrogens is 293 g/mol. The molecule has 0 aliphatic heterocycles. The van der Waals surface area contributed by atoms with E-state index in [-0.39, 0.29) is 6.04 Å². The molecule has 0 amide bonds. The largest absolute Gasteiger partial charge is 0.310 e. The molecule has 1 atom stereocenters. The molecule has 0 aliphatic rings. The Labute approximate surface area is 129 Å². The zero-order valence-electron chi connectivity index (χ0n) is 11.7. The van der Waals surface area contributed by atoms with Crippen LogP contribution in [0.3, 0.4) is 0 Å². The number of hydrogen-bond donors (Lipinski definition) is 1. The van der Waals surface area contributed by atoms with Crippen LogP contribution in [-0.2, 0) is 13.5 Å². The summed E-state index contributed by atoms with van der Waals surface area (Å²) < 4.78 is 1.91. The summed E-state index contributed by atoms with van der Waals surface area (Å²) in [5, 5.41) is 9.06. The van der Waals surface area contributed by atoms with Crippen molar-refractivity contribution in [2.75, 3.05) is 6.54 Å². The van der Waals surface area contributed by atoms with Gasteiger partial charge in [-0.15, -0.1) is 0 Å². The molecule has 1 heterocycles. The summed E-state index contributed by atoms with van der Waals surface area (Å²) in [5.74, 6) is 0. The van der Waals surface area contributed by atoms with E-state index < -0.39 is 0 Å². The number of benzene rings is 1. The Morgan fingerprint density at radius 1 is 1.30 bits per heavy atom. The lowest BCUT2D eigenvalue weighted by Gasteiger charge is -2.20. The molecule has 0 bridgehead atoms. The van der Waals surface area contributed by atoms with Crippen LogP contribution >= 0.6 is 23.2 Å². The third kappa shape index (κ3) is 3.75. The zero-order chi connectivity index (χ0) is 14.5. The van der Waals surface area contributed by atoms with E-state index in [0.717, 1.165) is 24.9 Å². The fraction of sp³-hybridized carbons (Fsp3) is 0.400. The van der Waals surface area contributed by atoms with Crippen molar-refractivity contribution in [3.8, 4) is 0 Å². The van der Waals surface area contributed by atoms with Crippen molar-refractivity contribution in [3.63, 3.8) is 0 Å². The number of nitrogens with one attached hydrogen (secondary N) is 1. The molecule has 0 spiro atoms. The standard InChI is InChI=1S/C15H19Cl2N3/c1-3-18-15(7-5-12-8-9-19-20(12)2)13-6-4-11(16)10-14(13)17/h4,6,8-10,15,18H,3,5,7H2,1-2H3. The Hall–Kier alpha value is -1.03. The summed E-state index contributed by atoms with van der Waals surface area (Å²) in [7, 11) is 1.97. The van der Waals surface area contributed by atoms with Crippen molar-refractivity contribution >= 4 is 23.2 Å². The number of aromatic nitrogens is 2. The van der Waals surface area contributed by atoms with Gasteiger partial charge in [-0.25, -0.2) is 0 Å². The third-order valence-electron chi connectivity index (χ3n) is 3.40. The average molecular weight is 312 g/mol. The Kier molecular flexibility index (Phi) is 5.46. The van der Waals surface area contributed by atoms with Crippen molar-refractivity contribution in [2.45, 2.75) is 25.8 Å². The highest BCUT2D eigenvalue weighted by atomic mass is 35.5. The summed E-state index contributed by atoms with van der Waals surface area (Å²) in [6, 6.07) is 7.96. The van der Waals surface area contributed by atoms with Gasteiger partial charge in [0.25, 0.3) is 0 Å². The van der Waals surface area contributed by atoms with Crippen LogP contribution < -0.4 is 5.32 Å². The fourth-order valence-corrected chi connectivity index (χ4v) is 2.88. The van der Waals surface area contributed by atoms with E-state index >= 15 is 0 Å². The monoisotopic (exact) mass is 311 g/mol. The third-order valence-corrected chi connectivity index (χ3v) is 3.96. The molecule has 108 valence electrons. The van der Waals surface area contributed by atoms with Gasteiger partial charge in [0, 0.05) is 35.0 Å². The van der Waals surface area contributed by atoms with Gasteiger partial charge < -0.3 is 5.32 Å². The SMILES string of the molecule is CCNC(CCc1ccnn1C)c1ccc(Cl)cc1Cl. The summed E-state index contributed by atoms with van der Waals surface area (Å²) in [6.07, 6.45) is 3.74. The summed E-state index contributed by atoms with van der Waals surface area (Å²) in [5.41, 5.74) is 2.32. The minimum atomic E-state index is 0.222. The van der Waals surface area contributed by atoms with Crippen molar-refractivity contribution in [2.24, 2.45) is 7.05 Å². The Morgan fingerprint density at radius 3 is 2.70 bits per heavy atom. The molecule has 0 fully saturated rings. The van der Waals surface area contributed by atoms with Crippen molar-refractivity contribution < 1.29 is 0 Å². The van der Waals surface area contributed by atoms with Crippen LogP contribution in [0.25, 0.3) is 0 Å². The molecule has 3 nitrogen and oxygen atoms in total. The summed E-state index contributed by atoms with van der Waals surface area (Å²) in [6.45, 7) is 3.00. The van der Waals surface area contributed by atoms with Gasteiger partial charge >= 0.3 is 0 Å². The maximum atomic E-state index is 6.31. The van der Waals surface area contributed by atoms with Gasteiger partial charge in [-0.1, -0.05) is 36.2 Å². The second kappa shape index (κ2) is 7.11. The topological polar surface area (TPSA) is 29.9 Å². The van der Waals surface area contributed by atoms with E-state index in [9.17, 15) is 0 Å². The minimum Gasteiger partial charge on any atom is -0.310 e. The van der Waals surface area contributed by atoms with Crippen LogP contribution in [-0.4, -0.2) is 16.3 Å². The van der Waals surface area contributed by atoms with Gasteiger partial charge in [0.05, 0.1) is 0 Å². The van der Waals surface area contributed by atoms with Gasteiger partial charge in [0.2, 0.25) is 0 Å². The smallest absolute Gasteiger partial charge is 0.0492 e. The second-order valence-electron chi connectivity index (χ2n) is 4.76. The number of hydrogen-bond acceptors (Lipinski definition) is 2. The predicted molar refractivity (Wildman–Crippen MR) is 84.4 cm³/mol. The molecule has 1 N–H and O–H groups in total. The highest BCUT2D eigenvalue weighted by Gasteiger charge is 2.14. The first kappa shape index (κ1) is 15.4. The maximum Gasteiger partial charge on any atom is 0.0492 e. The van der Waals surface area contributed by atoms with E-state index in [2.05, 4.69) is 17.3 Å². The van der Waals surface area contributed by atoms with Crippen LogP contribution in [0, 0.1) is 0 Å². The van der Waals surface area contributed by atoms with Gasteiger partial charge in [-0.05, 0) is 43.1 Å². The highest BCUT2D eigenvalue weighted by molar-refractivity contribution is 6.35. The van der Waals surface area contributed by atoms with Crippen molar-refractivity contribution in [3.05, 3.63) is 51.8 Å². The molecule has 0 aliphatic carbocycles. The van der Waals surface area contributed by atoms with E-state index in [4.69, 9.17) is 23.2 Å². The van der Waals surface area contributed by atoms with Crippen molar-refractivity contribution in [1.82, 2.24) is 15.1 Å². The Morgan fingerprint density at radius 2 is 2.10 bits per heavy atom. The lowest BCUT2D eigenvalue weighted by atomic mass is 10.0. The second-order valence-corrected chi connectivity index (χ2v) is 5.60. The lowest BCUT2D eigenvalue weighted by molar-refractivity contribution is 0.506. The maximum absolute atomic E-state index is 6.31. The highest BCUT2D eigenvalue weighted by Crippen LogP contribution is 2.28. The Balaban J connectivity index is 2.12. The molecule has 2 aromatic rings. The molecule has 0 saturated heterocycles. The molecule has 0 radical (unpaired) electrons. The first-order chi connectivity index (χ1) is 9.61. The molecule has 2 rings (SSSR count). The van der Waals surface area contributed by atoms with Gasteiger partial charge in [-0.2, -0.15) is 5.10 Å². The zero-order valence-corrected chi connectivity index (χ0v) is 13.2. The minimum absolute atomic E-state index is 0.222. The van der Waals surface area contributed by atoms with E-state index in [1.54, 1.807) is 6.07 Å². The quantitative estimate of drug-likeness (QED) is 0.873. The predicted octanol–water partition coefficient (Wildman–Crippen LogP) is 4.01. The van der Waals surface area contributed by atoms with Crippen LogP contribution in [0.4, 0.5) is 0 Å². The first-order valence-electron chi connectivity index (χ1n) is 6.77. The van der Waals surface area contributed by atoms with Crippen LogP contribution in [0.5, 0.6) is 0 Å². The van der Waals surface area contributed by atoms with Crippen LogP contribution in [0.2, 0.25) is 10.0 Å². The molecule has 5 heteroatoms. The van der Waals surface area contributed by atoms with Crippen LogP contribution in [0.1, 0.15) is 30.6 Å². The van der Waals surface area contributed by atoms with Gasteiger partial charge in [-0.3, -0.25) is 4.68 Å². The summed E-state index contributed by atoms with van der Waals surface area (Å²) >= 11 is 12.3. The molecule has 1 unspecified atom stereocenters. The normalized spacial score (nSPS) is 12.6. The molecule has 20 heavy (non-hydrogen) atoms. The first-order valence-corrected chi connectivity index (χ1v) is 7.52. The number of halogens is 2. The van der Waals surface area contributed by atoms with E-state index in [1.165, 1.54) is 5.69 Å².